The van der Waals surface area contributed by atoms with Crippen molar-refractivity contribution in [1.82, 2.24) is 0 Å². The lowest BCUT2D eigenvalue weighted by Crippen LogP contribution is -2.34. The lowest BCUT2D eigenvalue weighted by molar-refractivity contribution is 0.0545. The Kier molecular flexibility index (Phi) is 1.81. The summed E-state index contributed by atoms with van der Waals surface area (Å²) in [5.41, 5.74) is -0.299. The van der Waals surface area contributed by atoms with Gasteiger partial charge in [-0.1, -0.05) is 27.7 Å². The maximum absolute atomic E-state index is 9.66. The predicted molar refractivity (Wildman–Crippen MR) is 44.1 cm³/mol. The number of epoxide rings is 1. The molecule has 0 spiro atoms. The van der Waals surface area contributed by atoms with E-state index in [0.717, 1.165) is 0 Å². The van der Waals surface area contributed by atoms with Gasteiger partial charge in [0.15, 0.2) is 5.79 Å². The van der Waals surface area contributed by atoms with Gasteiger partial charge in [-0.2, -0.15) is 0 Å². The van der Waals surface area contributed by atoms with Crippen LogP contribution >= 0.6 is 0 Å². The van der Waals surface area contributed by atoms with Gasteiger partial charge in [0, 0.05) is 0 Å². The molecule has 0 bridgehead atoms. The lowest BCUT2D eigenvalue weighted by atomic mass is 9.81. The van der Waals surface area contributed by atoms with Gasteiger partial charge in [-0.25, -0.2) is 0 Å². The molecule has 0 radical (unpaired) electrons. The average molecular weight is 158 g/mol. The highest BCUT2D eigenvalue weighted by atomic mass is 16.7. The summed E-state index contributed by atoms with van der Waals surface area (Å²) in [5.74, 6) is -0.148. The van der Waals surface area contributed by atoms with E-state index in [2.05, 4.69) is 27.7 Å². The van der Waals surface area contributed by atoms with Crippen LogP contribution in [-0.4, -0.2) is 16.5 Å². The molecule has 0 amide bonds. The summed E-state index contributed by atoms with van der Waals surface area (Å²) in [5, 5.41) is 9.66. The molecule has 0 saturated carbocycles. The normalized spacial score (nSPS) is 34.9. The van der Waals surface area contributed by atoms with E-state index in [1.165, 1.54) is 0 Å². The third-order valence-electron chi connectivity index (χ3n) is 2.77. The molecular weight excluding hydrogens is 140 g/mol. The molecular formula is C9H18O2. The summed E-state index contributed by atoms with van der Waals surface area (Å²) in [4.78, 5) is 0. The summed E-state index contributed by atoms with van der Waals surface area (Å²) in [6, 6.07) is 0. The molecule has 1 aliphatic heterocycles. The highest BCUT2D eigenvalue weighted by molar-refractivity contribution is 5.09. The molecule has 1 rings (SSSR count). The first kappa shape index (κ1) is 9.01. The van der Waals surface area contributed by atoms with Crippen molar-refractivity contribution in [1.29, 1.82) is 0 Å². The minimum Gasteiger partial charge on any atom is -0.363 e. The van der Waals surface area contributed by atoms with Gasteiger partial charge in [0.2, 0.25) is 0 Å². The molecule has 0 aliphatic carbocycles. The highest BCUT2D eigenvalue weighted by Crippen LogP contribution is 2.55. The smallest absolute Gasteiger partial charge is 0.193 e. The second kappa shape index (κ2) is 2.20. The number of aliphatic hydroxyl groups is 1. The molecule has 1 N–H and O–H groups in total. The molecule has 2 heteroatoms. The van der Waals surface area contributed by atoms with Crippen LogP contribution in [0.4, 0.5) is 0 Å². The summed E-state index contributed by atoms with van der Waals surface area (Å²) in [7, 11) is 0. The summed E-state index contributed by atoms with van der Waals surface area (Å²) in [6.45, 7) is 10.1. The van der Waals surface area contributed by atoms with Gasteiger partial charge in [0.25, 0.3) is 0 Å². The monoisotopic (exact) mass is 158 g/mol. The summed E-state index contributed by atoms with van der Waals surface area (Å²) in [6.07, 6.45) is 0. The van der Waals surface area contributed by atoms with Crippen LogP contribution in [-0.2, 0) is 4.74 Å². The number of hydrogen-bond donors (Lipinski definition) is 1. The van der Waals surface area contributed by atoms with Gasteiger partial charge in [0.05, 0.1) is 0 Å². The molecule has 2 nitrogen and oxygen atoms in total. The third kappa shape index (κ3) is 1.00. The first-order valence-electron chi connectivity index (χ1n) is 4.27. The van der Waals surface area contributed by atoms with Crippen LogP contribution in [0.3, 0.4) is 0 Å². The van der Waals surface area contributed by atoms with E-state index in [4.69, 9.17) is 4.74 Å². The molecule has 0 aromatic carbocycles. The minimum absolute atomic E-state index is 0.299. The van der Waals surface area contributed by atoms with Crippen molar-refractivity contribution < 1.29 is 9.84 Å². The standard InChI is InChI=1S/C9H18O2/c1-6(2)9(7(3)4)8(5,10)11-9/h6-7,10H,1-5H3. The van der Waals surface area contributed by atoms with Crippen molar-refractivity contribution in [2.75, 3.05) is 0 Å². The molecule has 66 valence electrons. The predicted octanol–water partition coefficient (Wildman–Crippen LogP) is 1.78. The molecule has 1 unspecified atom stereocenters. The van der Waals surface area contributed by atoms with Gasteiger partial charge in [-0.05, 0) is 18.8 Å². The van der Waals surface area contributed by atoms with Gasteiger partial charge < -0.3 is 9.84 Å². The number of ether oxygens (including phenoxy) is 1. The number of rotatable bonds is 2. The van der Waals surface area contributed by atoms with Crippen LogP contribution in [0.15, 0.2) is 0 Å². The first-order valence-corrected chi connectivity index (χ1v) is 4.27. The molecule has 11 heavy (non-hydrogen) atoms. The van der Waals surface area contributed by atoms with Crippen molar-refractivity contribution in [2.45, 2.75) is 46.0 Å². The van der Waals surface area contributed by atoms with E-state index < -0.39 is 5.79 Å². The zero-order chi connectivity index (χ0) is 8.86. The van der Waals surface area contributed by atoms with Gasteiger partial charge in [0.1, 0.15) is 5.60 Å². The first-order chi connectivity index (χ1) is 4.84. The Bertz CT molecular complexity index is 151. The zero-order valence-electron chi connectivity index (χ0n) is 8.01. The van der Waals surface area contributed by atoms with Crippen LogP contribution in [0.1, 0.15) is 34.6 Å². The molecule has 0 aromatic heterocycles. The fourth-order valence-corrected chi connectivity index (χ4v) is 2.28. The van der Waals surface area contributed by atoms with Crippen LogP contribution in [0.5, 0.6) is 0 Å². The van der Waals surface area contributed by atoms with Crippen LogP contribution in [0, 0.1) is 11.8 Å². The second-order valence-electron chi connectivity index (χ2n) is 4.19. The molecule has 1 heterocycles. The molecule has 1 atom stereocenters. The topological polar surface area (TPSA) is 32.8 Å². The van der Waals surface area contributed by atoms with Crippen molar-refractivity contribution >= 4 is 0 Å². The fraction of sp³-hybridized carbons (Fsp3) is 1.00. The largest absolute Gasteiger partial charge is 0.363 e. The quantitative estimate of drug-likeness (QED) is 0.621. The Morgan fingerprint density at radius 2 is 1.36 bits per heavy atom. The van der Waals surface area contributed by atoms with Crippen LogP contribution < -0.4 is 0 Å². The van der Waals surface area contributed by atoms with E-state index in [0.29, 0.717) is 11.8 Å². The lowest BCUT2D eigenvalue weighted by Gasteiger charge is -2.21. The van der Waals surface area contributed by atoms with Crippen molar-refractivity contribution in [3.05, 3.63) is 0 Å². The van der Waals surface area contributed by atoms with Crippen molar-refractivity contribution in [2.24, 2.45) is 11.8 Å². The third-order valence-corrected chi connectivity index (χ3v) is 2.77. The molecule has 0 aromatic rings. The van der Waals surface area contributed by atoms with Gasteiger partial charge in [-0.3, -0.25) is 0 Å². The molecule has 1 saturated heterocycles. The Morgan fingerprint density at radius 3 is 1.36 bits per heavy atom. The van der Waals surface area contributed by atoms with Gasteiger partial charge >= 0.3 is 0 Å². The SMILES string of the molecule is CC(C)C1(C(C)C)OC1(C)O. The second-order valence-corrected chi connectivity index (χ2v) is 4.19. The van der Waals surface area contributed by atoms with E-state index in [-0.39, 0.29) is 5.60 Å². The fourth-order valence-electron chi connectivity index (χ4n) is 2.28. The van der Waals surface area contributed by atoms with Crippen LogP contribution in [0.2, 0.25) is 0 Å². The Morgan fingerprint density at radius 1 is 1.09 bits per heavy atom. The maximum atomic E-state index is 9.66. The van der Waals surface area contributed by atoms with E-state index >= 15 is 0 Å². The Balaban J connectivity index is 2.80. The Labute approximate surface area is 68.6 Å². The zero-order valence-corrected chi connectivity index (χ0v) is 8.01. The van der Waals surface area contributed by atoms with Crippen LogP contribution in [0.25, 0.3) is 0 Å². The highest BCUT2D eigenvalue weighted by Gasteiger charge is 2.69. The van der Waals surface area contributed by atoms with Gasteiger partial charge in [-0.15, -0.1) is 0 Å². The molecule has 1 fully saturated rings. The van der Waals surface area contributed by atoms with Crippen molar-refractivity contribution in [3.63, 3.8) is 0 Å². The minimum atomic E-state index is -0.894. The van der Waals surface area contributed by atoms with E-state index in [1.807, 2.05) is 0 Å². The summed E-state index contributed by atoms with van der Waals surface area (Å²) >= 11 is 0. The Hall–Kier alpha value is -0.0800. The van der Waals surface area contributed by atoms with Crippen molar-refractivity contribution in [3.8, 4) is 0 Å². The summed E-state index contributed by atoms with van der Waals surface area (Å²) < 4.78 is 5.37. The number of hydrogen-bond acceptors (Lipinski definition) is 2. The maximum Gasteiger partial charge on any atom is 0.193 e. The van der Waals surface area contributed by atoms with E-state index in [1.54, 1.807) is 6.92 Å². The molecule has 1 aliphatic rings. The average Bonchev–Trinajstić information content (AvgIpc) is 2.35. The van der Waals surface area contributed by atoms with E-state index in [9.17, 15) is 5.11 Å².